The fourth-order valence-corrected chi connectivity index (χ4v) is 2.78. The van der Waals surface area contributed by atoms with Gasteiger partial charge in [-0.2, -0.15) is 13.2 Å². The van der Waals surface area contributed by atoms with Crippen LogP contribution < -0.4 is 0 Å². The summed E-state index contributed by atoms with van der Waals surface area (Å²) >= 11 is 5.76. The van der Waals surface area contributed by atoms with E-state index in [4.69, 9.17) is 11.6 Å². The van der Waals surface area contributed by atoms with Gasteiger partial charge in [0.2, 0.25) is 0 Å². The lowest BCUT2D eigenvalue weighted by Crippen LogP contribution is -2.19. The van der Waals surface area contributed by atoms with Crippen LogP contribution in [0.15, 0.2) is 24.3 Å². The summed E-state index contributed by atoms with van der Waals surface area (Å²) in [4.78, 5) is 0. The monoisotopic (exact) mass is 366 g/mol. The van der Waals surface area contributed by atoms with Crippen LogP contribution in [-0.2, 0) is 6.42 Å². The Morgan fingerprint density at radius 2 is 1.50 bits per heavy atom. The minimum atomic E-state index is -4.69. The molecule has 0 spiro atoms. The van der Waals surface area contributed by atoms with E-state index < -0.39 is 45.7 Å². The van der Waals surface area contributed by atoms with E-state index in [0.29, 0.717) is 18.1 Å². The molecule has 0 aliphatic heterocycles. The molecule has 0 saturated heterocycles. The molecule has 0 aliphatic rings. The maximum atomic E-state index is 14.2. The highest BCUT2D eigenvalue weighted by molar-refractivity contribution is 6.31. The number of rotatable bonds is 3. The third-order valence-electron chi connectivity index (χ3n) is 3.80. The average molecular weight is 367 g/mol. The van der Waals surface area contributed by atoms with Gasteiger partial charge in [-0.1, -0.05) is 18.5 Å². The summed E-state index contributed by atoms with van der Waals surface area (Å²) in [6, 6.07) is 3.79. The molecule has 0 saturated carbocycles. The Balaban J connectivity index is 2.60. The number of hydrogen-bond acceptors (Lipinski definition) is 0. The van der Waals surface area contributed by atoms with Crippen molar-refractivity contribution < 1.29 is 26.3 Å². The second kappa shape index (κ2) is 6.67. The molecule has 0 radical (unpaired) electrons. The zero-order valence-electron chi connectivity index (χ0n) is 12.7. The van der Waals surface area contributed by atoms with Crippen molar-refractivity contribution in [3.8, 4) is 11.1 Å². The first-order valence-electron chi connectivity index (χ1n) is 7.10. The number of aryl methyl sites for hydroxylation is 1. The smallest absolute Gasteiger partial charge is 0.207 e. The molecule has 0 nitrogen and oxygen atoms in total. The van der Waals surface area contributed by atoms with Crippen molar-refractivity contribution in [1.82, 2.24) is 0 Å². The molecule has 0 N–H and O–H groups in total. The summed E-state index contributed by atoms with van der Waals surface area (Å²) in [7, 11) is 0. The lowest BCUT2D eigenvalue weighted by atomic mass is 9.95. The highest BCUT2D eigenvalue weighted by Crippen LogP contribution is 2.41. The quantitative estimate of drug-likeness (QED) is 0.533. The average Bonchev–Trinajstić information content (AvgIpc) is 2.44. The van der Waals surface area contributed by atoms with Gasteiger partial charge in [0.1, 0.15) is 17.5 Å². The summed E-state index contributed by atoms with van der Waals surface area (Å²) in [5.74, 6) is -5.27. The summed E-state index contributed by atoms with van der Waals surface area (Å²) < 4.78 is 80.7. The van der Waals surface area contributed by atoms with Crippen LogP contribution in [0.4, 0.5) is 26.3 Å². The normalized spacial score (nSPS) is 13.2. The van der Waals surface area contributed by atoms with Crippen molar-refractivity contribution in [1.29, 1.82) is 0 Å². The molecule has 1 unspecified atom stereocenters. The van der Waals surface area contributed by atoms with Crippen LogP contribution in [0.5, 0.6) is 0 Å². The van der Waals surface area contributed by atoms with E-state index in [1.807, 2.05) is 0 Å². The molecule has 0 aliphatic carbocycles. The Morgan fingerprint density at radius 1 is 0.958 bits per heavy atom. The van der Waals surface area contributed by atoms with Crippen molar-refractivity contribution >= 4 is 11.6 Å². The van der Waals surface area contributed by atoms with Crippen LogP contribution in [0, 0.1) is 17.5 Å². The topological polar surface area (TPSA) is 0 Å². The largest absolute Gasteiger partial charge is 0.395 e. The molecule has 0 heterocycles. The zero-order chi connectivity index (χ0) is 18.2. The third kappa shape index (κ3) is 3.53. The molecular formula is C17H13ClF6. The van der Waals surface area contributed by atoms with Gasteiger partial charge in [-0.25, -0.2) is 13.2 Å². The van der Waals surface area contributed by atoms with E-state index in [-0.39, 0.29) is 5.56 Å². The minimum Gasteiger partial charge on any atom is -0.207 e. The summed E-state index contributed by atoms with van der Waals surface area (Å²) in [6.45, 7) is 2.47. The Bertz CT molecular complexity index is 720. The van der Waals surface area contributed by atoms with Gasteiger partial charge in [-0.15, -0.1) is 0 Å². The van der Waals surface area contributed by atoms with Crippen LogP contribution in [-0.4, -0.2) is 6.18 Å². The predicted octanol–water partition coefficient (Wildman–Crippen LogP) is 6.65. The van der Waals surface area contributed by atoms with Crippen LogP contribution in [0.2, 0.25) is 5.02 Å². The van der Waals surface area contributed by atoms with Gasteiger partial charge in [0, 0.05) is 10.6 Å². The first-order chi connectivity index (χ1) is 11.1. The van der Waals surface area contributed by atoms with E-state index >= 15 is 0 Å². The van der Waals surface area contributed by atoms with Crippen LogP contribution in [0.25, 0.3) is 11.1 Å². The Labute approximate surface area is 140 Å². The standard InChI is InChI=1S/C17H13ClF6/c1-3-9-4-12(19)16(13(20)5-9)10-6-11(18)15(14(21)7-10)8(2)17(22,23)24/h4-8H,3H2,1-2H3. The van der Waals surface area contributed by atoms with Crippen molar-refractivity contribution in [3.63, 3.8) is 0 Å². The van der Waals surface area contributed by atoms with E-state index in [1.54, 1.807) is 6.92 Å². The molecule has 0 bridgehead atoms. The molecular weight excluding hydrogens is 354 g/mol. The highest BCUT2D eigenvalue weighted by Gasteiger charge is 2.40. The maximum absolute atomic E-state index is 14.2. The zero-order valence-corrected chi connectivity index (χ0v) is 13.5. The second-order valence-corrected chi connectivity index (χ2v) is 5.81. The van der Waals surface area contributed by atoms with Crippen molar-refractivity contribution in [2.45, 2.75) is 32.4 Å². The molecule has 2 aromatic carbocycles. The first-order valence-corrected chi connectivity index (χ1v) is 7.48. The first kappa shape index (κ1) is 18.6. The fraction of sp³-hybridized carbons (Fsp3) is 0.294. The van der Waals surface area contributed by atoms with E-state index in [0.717, 1.165) is 25.1 Å². The third-order valence-corrected chi connectivity index (χ3v) is 4.11. The predicted molar refractivity (Wildman–Crippen MR) is 80.6 cm³/mol. The number of alkyl halides is 3. The van der Waals surface area contributed by atoms with Crippen LogP contribution >= 0.6 is 11.6 Å². The maximum Gasteiger partial charge on any atom is 0.395 e. The molecule has 2 rings (SSSR count). The van der Waals surface area contributed by atoms with Gasteiger partial charge in [0.15, 0.2) is 0 Å². The Kier molecular flexibility index (Phi) is 5.18. The van der Waals surface area contributed by atoms with Gasteiger partial charge in [-0.3, -0.25) is 0 Å². The molecule has 24 heavy (non-hydrogen) atoms. The summed E-state index contributed by atoms with van der Waals surface area (Å²) in [5, 5.41) is -0.534. The molecule has 130 valence electrons. The van der Waals surface area contributed by atoms with Crippen molar-refractivity contribution in [2.24, 2.45) is 0 Å². The van der Waals surface area contributed by atoms with E-state index in [1.165, 1.54) is 0 Å². The SMILES string of the molecule is CCc1cc(F)c(-c2cc(F)c(C(C)C(F)(F)F)c(Cl)c2)c(F)c1. The summed E-state index contributed by atoms with van der Waals surface area (Å²) in [6.07, 6.45) is -4.30. The van der Waals surface area contributed by atoms with Crippen molar-refractivity contribution in [3.05, 3.63) is 57.9 Å². The van der Waals surface area contributed by atoms with Crippen molar-refractivity contribution in [2.75, 3.05) is 0 Å². The van der Waals surface area contributed by atoms with Gasteiger partial charge in [0.05, 0.1) is 11.5 Å². The molecule has 0 fully saturated rings. The van der Waals surface area contributed by atoms with Gasteiger partial charge in [-0.05, 0) is 48.7 Å². The van der Waals surface area contributed by atoms with Gasteiger partial charge >= 0.3 is 6.18 Å². The van der Waals surface area contributed by atoms with Gasteiger partial charge < -0.3 is 0 Å². The van der Waals surface area contributed by atoms with Crippen LogP contribution in [0.3, 0.4) is 0 Å². The molecule has 1 atom stereocenters. The number of hydrogen-bond donors (Lipinski definition) is 0. The molecule has 7 heteroatoms. The van der Waals surface area contributed by atoms with Gasteiger partial charge in [0.25, 0.3) is 0 Å². The second-order valence-electron chi connectivity index (χ2n) is 5.40. The number of halogens is 7. The summed E-state index contributed by atoms with van der Waals surface area (Å²) in [5.41, 5.74) is -1.13. The Morgan fingerprint density at radius 3 is 1.92 bits per heavy atom. The molecule has 0 amide bonds. The van der Waals surface area contributed by atoms with Crippen LogP contribution in [0.1, 0.15) is 30.9 Å². The minimum absolute atomic E-state index is 0.256. The number of benzene rings is 2. The Hall–Kier alpha value is -1.69. The van der Waals surface area contributed by atoms with E-state index in [2.05, 4.69) is 0 Å². The molecule has 2 aromatic rings. The highest BCUT2D eigenvalue weighted by atomic mass is 35.5. The van der Waals surface area contributed by atoms with E-state index in [9.17, 15) is 26.3 Å². The lowest BCUT2D eigenvalue weighted by Gasteiger charge is -2.19. The lowest BCUT2D eigenvalue weighted by molar-refractivity contribution is -0.146. The fourth-order valence-electron chi connectivity index (χ4n) is 2.41. The molecule has 0 aromatic heterocycles.